The summed E-state index contributed by atoms with van der Waals surface area (Å²) >= 11 is 5.93. The molecule has 0 aliphatic rings. The first kappa shape index (κ1) is 18.9. The summed E-state index contributed by atoms with van der Waals surface area (Å²) in [6, 6.07) is 12.8. The third-order valence-electron chi connectivity index (χ3n) is 3.86. The number of aromatic nitrogens is 2. The Morgan fingerprint density at radius 1 is 1.22 bits per heavy atom. The topological polar surface area (TPSA) is 77.2 Å². The highest BCUT2D eigenvalue weighted by molar-refractivity contribution is 6.30. The highest BCUT2D eigenvalue weighted by Crippen LogP contribution is 2.23. The van der Waals surface area contributed by atoms with E-state index in [1.54, 1.807) is 19.1 Å². The molecule has 0 atom stereocenters. The second-order valence-electron chi connectivity index (χ2n) is 6.14. The van der Waals surface area contributed by atoms with Crippen molar-refractivity contribution < 1.29 is 14.1 Å². The Bertz CT molecular complexity index is 940. The van der Waals surface area contributed by atoms with Crippen molar-refractivity contribution in [3.05, 3.63) is 58.9 Å². The van der Waals surface area contributed by atoms with Gasteiger partial charge in [0.05, 0.1) is 6.61 Å². The summed E-state index contributed by atoms with van der Waals surface area (Å²) < 4.78 is 10.9. The SMILES string of the molecule is Cc1noc(-c2cccc(NC(=O)CCCOc3ccc(Cl)cc3C)c2)n1. The average molecular weight is 386 g/mol. The molecule has 0 spiro atoms. The first-order valence-electron chi connectivity index (χ1n) is 8.61. The summed E-state index contributed by atoms with van der Waals surface area (Å²) in [5, 5.41) is 7.33. The van der Waals surface area contributed by atoms with Crippen LogP contribution in [0.3, 0.4) is 0 Å². The van der Waals surface area contributed by atoms with Crippen LogP contribution in [0.15, 0.2) is 47.0 Å². The second-order valence-corrected chi connectivity index (χ2v) is 6.57. The number of anilines is 1. The van der Waals surface area contributed by atoms with Crippen molar-refractivity contribution in [2.45, 2.75) is 26.7 Å². The van der Waals surface area contributed by atoms with E-state index in [1.807, 2.05) is 37.3 Å². The maximum Gasteiger partial charge on any atom is 0.257 e. The molecule has 3 aromatic rings. The summed E-state index contributed by atoms with van der Waals surface area (Å²) in [6.45, 7) is 4.15. The van der Waals surface area contributed by atoms with Crippen LogP contribution in [0.1, 0.15) is 24.2 Å². The van der Waals surface area contributed by atoms with Crippen LogP contribution in [0, 0.1) is 13.8 Å². The average Bonchev–Trinajstić information content (AvgIpc) is 3.07. The number of benzene rings is 2. The van der Waals surface area contributed by atoms with Crippen molar-refractivity contribution in [2.75, 3.05) is 11.9 Å². The lowest BCUT2D eigenvalue weighted by Crippen LogP contribution is -2.13. The molecule has 0 fully saturated rings. The Morgan fingerprint density at radius 3 is 2.81 bits per heavy atom. The second kappa shape index (κ2) is 8.68. The molecule has 1 N–H and O–H groups in total. The van der Waals surface area contributed by atoms with Gasteiger partial charge < -0.3 is 14.6 Å². The van der Waals surface area contributed by atoms with Gasteiger partial charge in [-0.25, -0.2) is 0 Å². The van der Waals surface area contributed by atoms with Gasteiger partial charge in [-0.05, 0) is 62.2 Å². The van der Waals surface area contributed by atoms with E-state index in [9.17, 15) is 4.79 Å². The molecule has 6 nitrogen and oxygen atoms in total. The van der Waals surface area contributed by atoms with E-state index in [0.29, 0.717) is 41.9 Å². The van der Waals surface area contributed by atoms with Gasteiger partial charge in [0.1, 0.15) is 5.75 Å². The van der Waals surface area contributed by atoms with Gasteiger partial charge in [0.15, 0.2) is 5.82 Å². The molecule has 1 heterocycles. The number of carbonyl (C=O) groups is 1. The van der Waals surface area contributed by atoms with Crippen molar-refractivity contribution in [3.63, 3.8) is 0 Å². The van der Waals surface area contributed by atoms with Crippen LogP contribution < -0.4 is 10.1 Å². The van der Waals surface area contributed by atoms with E-state index in [0.717, 1.165) is 16.9 Å². The molecule has 27 heavy (non-hydrogen) atoms. The van der Waals surface area contributed by atoms with Gasteiger partial charge in [0.2, 0.25) is 5.91 Å². The van der Waals surface area contributed by atoms with Crippen molar-refractivity contribution in [2.24, 2.45) is 0 Å². The highest BCUT2D eigenvalue weighted by Gasteiger charge is 2.09. The number of ether oxygens (including phenoxy) is 1. The molecule has 0 aliphatic heterocycles. The summed E-state index contributed by atoms with van der Waals surface area (Å²) in [5.41, 5.74) is 2.41. The quantitative estimate of drug-likeness (QED) is 0.591. The number of hydrogen-bond acceptors (Lipinski definition) is 5. The monoisotopic (exact) mass is 385 g/mol. The van der Waals surface area contributed by atoms with E-state index in [2.05, 4.69) is 15.5 Å². The number of nitrogens with one attached hydrogen (secondary N) is 1. The first-order valence-corrected chi connectivity index (χ1v) is 8.98. The van der Waals surface area contributed by atoms with Crippen LogP contribution in [0.4, 0.5) is 5.69 Å². The van der Waals surface area contributed by atoms with Crippen LogP contribution in [-0.2, 0) is 4.79 Å². The van der Waals surface area contributed by atoms with E-state index < -0.39 is 0 Å². The van der Waals surface area contributed by atoms with Crippen molar-refractivity contribution in [1.82, 2.24) is 10.1 Å². The third-order valence-corrected chi connectivity index (χ3v) is 4.10. The van der Waals surface area contributed by atoms with Crippen LogP contribution in [0.25, 0.3) is 11.5 Å². The van der Waals surface area contributed by atoms with Gasteiger partial charge in [-0.2, -0.15) is 4.98 Å². The lowest BCUT2D eigenvalue weighted by Gasteiger charge is -2.10. The first-order chi connectivity index (χ1) is 13.0. The van der Waals surface area contributed by atoms with E-state index >= 15 is 0 Å². The lowest BCUT2D eigenvalue weighted by atomic mass is 10.2. The van der Waals surface area contributed by atoms with Crippen molar-refractivity contribution in [3.8, 4) is 17.2 Å². The fourth-order valence-corrected chi connectivity index (χ4v) is 2.78. The molecule has 0 saturated heterocycles. The Hall–Kier alpha value is -2.86. The number of aryl methyl sites for hydroxylation is 2. The molecule has 140 valence electrons. The lowest BCUT2D eigenvalue weighted by molar-refractivity contribution is -0.116. The smallest absolute Gasteiger partial charge is 0.257 e. The minimum Gasteiger partial charge on any atom is -0.493 e. The van der Waals surface area contributed by atoms with Gasteiger partial charge in [0.25, 0.3) is 5.89 Å². The van der Waals surface area contributed by atoms with Crippen LogP contribution >= 0.6 is 11.6 Å². The van der Waals surface area contributed by atoms with Gasteiger partial charge in [-0.3, -0.25) is 4.79 Å². The summed E-state index contributed by atoms with van der Waals surface area (Å²) in [6.07, 6.45) is 0.965. The molecule has 0 bridgehead atoms. The van der Waals surface area contributed by atoms with Gasteiger partial charge >= 0.3 is 0 Å². The van der Waals surface area contributed by atoms with Gasteiger partial charge in [0, 0.05) is 22.7 Å². The highest BCUT2D eigenvalue weighted by atomic mass is 35.5. The number of halogens is 1. The predicted octanol–water partition coefficient (Wildman–Crippen LogP) is 4.80. The molecule has 0 saturated carbocycles. The minimum atomic E-state index is -0.0784. The Morgan fingerprint density at radius 2 is 2.07 bits per heavy atom. The fraction of sp³-hybridized carbons (Fsp3) is 0.250. The number of rotatable bonds is 7. The van der Waals surface area contributed by atoms with E-state index in [1.165, 1.54) is 0 Å². The molecule has 2 aromatic carbocycles. The maximum atomic E-state index is 12.2. The Balaban J connectivity index is 1.48. The maximum absolute atomic E-state index is 12.2. The van der Waals surface area contributed by atoms with Crippen LogP contribution in [0.2, 0.25) is 5.02 Å². The number of hydrogen-bond donors (Lipinski definition) is 1. The third kappa shape index (κ3) is 5.31. The largest absolute Gasteiger partial charge is 0.493 e. The van der Waals surface area contributed by atoms with Gasteiger partial charge in [-0.1, -0.05) is 22.8 Å². The molecule has 7 heteroatoms. The standard InChI is InChI=1S/C20H20ClN3O3/c1-13-11-16(21)8-9-18(13)26-10-4-7-19(25)23-17-6-3-5-15(12-17)20-22-14(2)24-27-20/h3,5-6,8-9,11-12H,4,7,10H2,1-2H3,(H,23,25). The molecular weight excluding hydrogens is 366 g/mol. The molecule has 0 unspecified atom stereocenters. The normalized spacial score (nSPS) is 10.6. The minimum absolute atomic E-state index is 0.0784. The molecule has 3 rings (SSSR count). The number of carbonyl (C=O) groups excluding carboxylic acids is 1. The summed E-state index contributed by atoms with van der Waals surface area (Å²) in [5.74, 6) is 1.69. The van der Waals surface area contributed by atoms with Crippen molar-refractivity contribution in [1.29, 1.82) is 0 Å². The molecule has 0 aliphatic carbocycles. The van der Waals surface area contributed by atoms with E-state index in [-0.39, 0.29) is 5.91 Å². The fourth-order valence-electron chi connectivity index (χ4n) is 2.56. The predicted molar refractivity (Wildman–Crippen MR) is 104 cm³/mol. The zero-order valence-corrected chi connectivity index (χ0v) is 15.9. The van der Waals surface area contributed by atoms with Crippen molar-refractivity contribution >= 4 is 23.2 Å². The molecule has 1 amide bonds. The number of nitrogens with zero attached hydrogens (tertiary/aromatic N) is 2. The summed E-state index contributed by atoms with van der Waals surface area (Å²) in [7, 11) is 0. The van der Waals surface area contributed by atoms with E-state index in [4.69, 9.17) is 20.9 Å². The summed E-state index contributed by atoms with van der Waals surface area (Å²) in [4.78, 5) is 16.3. The zero-order valence-electron chi connectivity index (χ0n) is 15.2. The number of amides is 1. The van der Waals surface area contributed by atoms with Crippen LogP contribution in [-0.4, -0.2) is 22.7 Å². The molecular formula is C20H20ClN3O3. The Kier molecular flexibility index (Phi) is 6.08. The Labute approximate surface area is 162 Å². The molecule has 0 radical (unpaired) electrons. The molecule has 1 aromatic heterocycles. The van der Waals surface area contributed by atoms with Crippen LogP contribution in [0.5, 0.6) is 5.75 Å². The zero-order chi connectivity index (χ0) is 19.2. The van der Waals surface area contributed by atoms with Gasteiger partial charge in [-0.15, -0.1) is 0 Å².